The van der Waals surface area contributed by atoms with E-state index < -0.39 is 0 Å². The van der Waals surface area contributed by atoms with Crippen molar-refractivity contribution in [2.24, 2.45) is 0 Å². The number of carbonyl (C=O) groups is 1. The van der Waals surface area contributed by atoms with Crippen LogP contribution in [-0.4, -0.2) is 23.5 Å². The molecule has 0 bridgehead atoms. The summed E-state index contributed by atoms with van der Waals surface area (Å²) >= 11 is 1.63. The van der Waals surface area contributed by atoms with E-state index in [-0.39, 0.29) is 5.91 Å². The molecule has 4 nitrogen and oxygen atoms in total. The largest absolute Gasteiger partial charge is 0.352 e. The molecule has 17 heavy (non-hydrogen) atoms. The van der Waals surface area contributed by atoms with Gasteiger partial charge in [-0.2, -0.15) is 0 Å². The van der Waals surface area contributed by atoms with Gasteiger partial charge in [0.05, 0.1) is 6.54 Å². The Morgan fingerprint density at radius 2 is 2.29 bits per heavy atom. The standard InChI is InChI=1S/C12H19N3OS/c1-9-8-17-12(14-9)7-13-6-11(16)15-10-4-2-3-5-10/h8,10,13H,2-7H2,1H3,(H,15,16). The Balaban J connectivity index is 1.62. The van der Waals surface area contributed by atoms with Crippen LogP contribution in [0.15, 0.2) is 5.38 Å². The minimum atomic E-state index is 0.102. The minimum Gasteiger partial charge on any atom is -0.352 e. The molecule has 1 fully saturated rings. The van der Waals surface area contributed by atoms with E-state index in [1.807, 2.05) is 12.3 Å². The number of hydrogen-bond donors (Lipinski definition) is 2. The van der Waals surface area contributed by atoms with Gasteiger partial charge in [-0.1, -0.05) is 12.8 Å². The molecular weight excluding hydrogens is 234 g/mol. The molecule has 1 aromatic heterocycles. The highest BCUT2D eigenvalue weighted by molar-refractivity contribution is 7.09. The van der Waals surface area contributed by atoms with Crippen LogP contribution in [0.4, 0.5) is 0 Å². The Labute approximate surface area is 106 Å². The molecule has 0 aliphatic heterocycles. The molecule has 1 aromatic rings. The first-order chi connectivity index (χ1) is 8.24. The molecule has 94 valence electrons. The van der Waals surface area contributed by atoms with Gasteiger partial charge in [0.25, 0.3) is 0 Å². The summed E-state index contributed by atoms with van der Waals surface area (Å²) in [7, 11) is 0. The molecule has 1 amide bonds. The van der Waals surface area contributed by atoms with Crippen molar-refractivity contribution in [1.82, 2.24) is 15.6 Å². The fourth-order valence-corrected chi connectivity index (χ4v) is 2.86. The summed E-state index contributed by atoms with van der Waals surface area (Å²) in [6.07, 6.45) is 4.77. The summed E-state index contributed by atoms with van der Waals surface area (Å²) in [6.45, 7) is 3.04. The monoisotopic (exact) mass is 253 g/mol. The molecule has 2 N–H and O–H groups in total. The maximum Gasteiger partial charge on any atom is 0.234 e. The fraction of sp³-hybridized carbons (Fsp3) is 0.667. The minimum absolute atomic E-state index is 0.102. The van der Waals surface area contributed by atoms with Crippen molar-refractivity contribution in [3.63, 3.8) is 0 Å². The summed E-state index contributed by atoms with van der Waals surface area (Å²) in [6, 6.07) is 0.409. The molecule has 0 saturated heterocycles. The van der Waals surface area contributed by atoms with Gasteiger partial charge >= 0.3 is 0 Å². The predicted molar refractivity (Wildman–Crippen MR) is 69.0 cm³/mol. The van der Waals surface area contributed by atoms with Gasteiger partial charge in [-0.3, -0.25) is 4.79 Å². The molecule has 1 heterocycles. The maximum absolute atomic E-state index is 11.6. The second-order valence-corrected chi connectivity index (χ2v) is 5.48. The van der Waals surface area contributed by atoms with Crippen LogP contribution in [0.3, 0.4) is 0 Å². The fourth-order valence-electron chi connectivity index (χ4n) is 2.12. The van der Waals surface area contributed by atoms with Gasteiger partial charge in [0.1, 0.15) is 5.01 Å². The molecule has 0 spiro atoms. The van der Waals surface area contributed by atoms with E-state index in [0.717, 1.165) is 23.5 Å². The molecular formula is C12H19N3OS. The smallest absolute Gasteiger partial charge is 0.234 e. The molecule has 0 aromatic carbocycles. The van der Waals surface area contributed by atoms with Crippen LogP contribution < -0.4 is 10.6 Å². The lowest BCUT2D eigenvalue weighted by atomic mass is 10.2. The van der Waals surface area contributed by atoms with E-state index in [4.69, 9.17) is 0 Å². The Bertz CT molecular complexity index is 372. The molecule has 0 unspecified atom stereocenters. The van der Waals surface area contributed by atoms with Crippen molar-refractivity contribution < 1.29 is 4.79 Å². The highest BCUT2D eigenvalue weighted by Crippen LogP contribution is 2.17. The number of nitrogens with zero attached hydrogens (tertiary/aromatic N) is 1. The van der Waals surface area contributed by atoms with Gasteiger partial charge in [0.15, 0.2) is 0 Å². The molecule has 0 atom stereocenters. The van der Waals surface area contributed by atoms with Gasteiger partial charge in [-0.25, -0.2) is 4.98 Å². The van der Waals surface area contributed by atoms with E-state index in [1.165, 1.54) is 12.8 Å². The average molecular weight is 253 g/mol. The van der Waals surface area contributed by atoms with Crippen LogP contribution >= 0.6 is 11.3 Å². The second-order valence-electron chi connectivity index (χ2n) is 4.54. The zero-order valence-corrected chi connectivity index (χ0v) is 11.0. The zero-order chi connectivity index (χ0) is 12.1. The maximum atomic E-state index is 11.6. The number of amides is 1. The quantitative estimate of drug-likeness (QED) is 0.838. The van der Waals surface area contributed by atoms with Crippen molar-refractivity contribution >= 4 is 17.2 Å². The molecule has 2 rings (SSSR count). The normalized spacial score (nSPS) is 16.3. The topological polar surface area (TPSA) is 54.0 Å². The number of aryl methyl sites for hydroxylation is 1. The first-order valence-electron chi connectivity index (χ1n) is 6.15. The van der Waals surface area contributed by atoms with Crippen LogP contribution in [0, 0.1) is 6.92 Å². The van der Waals surface area contributed by atoms with E-state index in [0.29, 0.717) is 19.1 Å². The highest BCUT2D eigenvalue weighted by Gasteiger charge is 2.16. The molecule has 1 saturated carbocycles. The number of rotatable bonds is 5. The predicted octanol–water partition coefficient (Wildman–Crippen LogP) is 1.60. The van der Waals surface area contributed by atoms with E-state index in [1.54, 1.807) is 11.3 Å². The highest BCUT2D eigenvalue weighted by atomic mass is 32.1. The molecule has 1 aliphatic carbocycles. The van der Waals surface area contributed by atoms with Crippen molar-refractivity contribution in [3.8, 4) is 0 Å². The number of aromatic nitrogens is 1. The summed E-state index contributed by atoms with van der Waals surface area (Å²) in [5.74, 6) is 0.102. The summed E-state index contributed by atoms with van der Waals surface area (Å²) < 4.78 is 0. The van der Waals surface area contributed by atoms with Gasteiger partial charge < -0.3 is 10.6 Å². The van der Waals surface area contributed by atoms with E-state index in [9.17, 15) is 4.79 Å². The van der Waals surface area contributed by atoms with Gasteiger partial charge in [-0.15, -0.1) is 11.3 Å². The number of nitrogens with one attached hydrogen (secondary N) is 2. The lowest BCUT2D eigenvalue weighted by Gasteiger charge is -2.11. The van der Waals surface area contributed by atoms with Crippen LogP contribution in [0.25, 0.3) is 0 Å². The average Bonchev–Trinajstić information content (AvgIpc) is 2.90. The van der Waals surface area contributed by atoms with Crippen LogP contribution in [-0.2, 0) is 11.3 Å². The third-order valence-electron chi connectivity index (χ3n) is 2.95. The lowest BCUT2D eigenvalue weighted by molar-refractivity contribution is -0.120. The number of thiazole rings is 1. The summed E-state index contributed by atoms with van der Waals surface area (Å²) in [5.41, 5.74) is 1.04. The second kappa shape index (κ2) is 6.12. The van der Waals surface area contributed by atoms with Crippen molar-refractivity contribution in [3.05, 3.63) is 16.1 Å². The molecule has 5 heteroatoms. The van der Waals surface area contributed by atoms with Crippen molar-refractivity contribution in [1.29, 1.82) is 0 Å². The van der Waals surface area contributed by atoms with Crippen molar-refractivity contribution in [2.75, 3.05) is 6.54 Å². The Morgan fingerprint density at radius 1 is 1.53 bits per heavy atom. The van der Waals surface area contributed by atoms with Gasteiger partial charge in [-0.05, 0) is 19.8 Å². The number of hydrogen-bond acceptors (Lipinski definition) is 4. The van der Waals surface area contributed by atoms with Crippen LogP contribution in [0.1, 0.15) is 36.4 Å². The first kappa shape index (κ1) is 12.5. The zero-order valence-electron chi connectivity index (χ0n) is 10.2. The first-order valence-corrected chi connectivity index (χ1v) is 7.03. The van der Waals surface area contributed by atoms with Crippen LogP contribution in [0.5, 0.6) is 0 Å². The van der Waals surface area contributed by atoms with E-state index >= 15 is 0 Å². The Morgan fingerprint density at radius 3 is 2.94 bits per heavy atom. The summed E-state index contributed by atoms with van der Waals surface area (Å²) in [4.78, 5) is 15.9. The van der Waals surface area contributed by atoms with E-state index in [2.05, 4.69) is 15.6 Å². The Hall–Kier alpha value is -0.940. The third kappa shape index (κ3) is 4.09. The summed E-state index contributed by atoms with van der Waals surface area (Å²) in [5, 5.41) is 9.24. The number of carbonyl (C=O) groups excluding carboxylic acids is 1. The molecule has 1 aliphatic rings. The van der Waals surface area contributed by atoms with Crippen molar-refractivity contribution in [2.45, 2.75) is 45.2 Å². The van der Waals surface area contributed by atoms with Crippen LogP contribution in [0.2, 0.25) is 0 Å². The van der Waals surface area contributed by atoms with Gasteiger partial charge in [0, 0.05) is 23.7 Å². The van der Waals surface area contributed by atoms with Gasteiger partial charge in [0.2, 0.25) is 5.91 Å². The third-order valence-corrected chi connectivity index (χ3v) is 3.92. The lowest BCUT2D eigenvalue weighted by Crippen LogP contribution is -2.38. The SMILES string of the molecule is Cc1csc(CNCC(=O)NC2CCCC2)n1. The Kier molecular flexibility index (Phi) is 4.50. The molecule has 0 radical (unpaired) electrons.